The van der Waals surface area contributed by atoms with Crippen molar-refractivity contribution in [3.63, 3.8) is 0 Å². The van der Waals surface area contributed by atoms with Gasteiger partial charge in [0.25, 0.3) is 5.91 Å². The Labute approximate surface area is 171 Å². The minimum Gasteiger partial charge on any atom is -0.482 e. The Morgan fingerprint density at radius 2 is 1.83 bits per heavy atom. The predicted octanol–water partition coefficient (Wildman–Crippen LogP) is 3.55. The molecule has 1 heterocycles. The standard InChI is InChI=1S/C21H17N3O4S/c1-14-2-6-16(7-3-14)18-13-29-21(23-18)24-19(25)11-28-20(26)12-27-17-8-4-15(10-22)5-9-17/h2-9,13H,11-12H2,1H3,(H,23,24,25). The number of aryl methyl sites for hydroxylation is 1. The summed E-state index contributed by atoms with van der Waals surface area (Å²) in [6, 6.07) is 16.2. The van der Waals surface area contributed by atoms with E-state index in [1.54, 1.807) is 24.3 Å². The van der Waals surface area contributed by atoms with Crippen LogP contribution < -0.4 is 10.1 Å². The van der Waals surface area contributed by atoms with Crippen molar-refractivity contribution in [3.05, 3.63) is 65.0 Å². The van der Waals surface area contributed by atoms with Crippen molar-refractivity contribution in [3.8, 4) is 23.1 Å². The van der Waals surface area contributed by atoms with E-state index in [0.29, 0.717) is 16.4 Å². The minimum absolute atomic E-state index is 0.339. The number of nitrogens with zero attached hydrogens (tertiary/aromatic N) is 2. The van der Waals surface area contributed by atoms with Crippen LogP contribution >= 0.6 is 11.3 Å². The van der Waals surface area contributed by atoms with Gasteiger partial charge in [-0.05, 0) is 31.2 Å². The summed E-state index contributed by atoms with van der Waals surface area (Å²) in [5, 5.41) is 13.6. The van der Waals surface area contributed by atoms with Crippen molar-refractivity contribution in [2.75, 3.05) is 18.5 Å². The number of benzene rings is 2. The maximum absolute atomic E-state index is 12.0. The normalized spacial score (nSPS) is 10.1. The predicted molar refractivity (Wildman–Crippen MR) is 109 cm³/mol. The largest absolute Gasteiger partial charge is 0.482 e. The zero-order chi connectivity index (χ0) is 20.6. The topological polar surface area (TPSA) is 101 Å². The number of ether oxygens (including phenoxy) is 2. The number of aromatic nitrogens is 1. The molecule has 0 bridgehead atoms. The Hall–Kier alpha value is -3.70. The number of carbonyl (C=O) groups excluding carboxylic acids is 2. The van der Waals surface area contributed by atoms with Crippen LogP contribution in [-0.2, 0) is 14.3 Å². The summed E-state index contributed by atoms with van der Waals surface area (Å²) in [5.74, 6) is -0.734. The number of nitrogens with one attached hydrogen (secondary N) is 1. The van der Waals surface area contributed by atoms with E-state index in [9.17, 15) is 9.59 Å². The van der Waals surface area contributed by atoms with E-state index in [4.69, 9.17) is 14.7 Å². The Balaban J connectivity index is 1.43. The maximum Gasteiger partial charge on any atom is 0.344 e. The highest BCUT2D eigenvalue weighted by Crippen LogP contribution is 2.25. The van der Waals surface area contributed by atoms with E-state index >= 15 is 0 Å². The van der Waals surface area contributed by atoms with Crippen molar-refractivity contribution in [1.29, 1.82) is 5.26 Å². The number of amides is 1. The molecule has 146 valence electrons. The van der Waals surface area contributed by atoms with Crippen LogP contribution in [0.25, 0.3) is 11.3 Å². The van der Waals surface area contributed by atoms with Gasteiger partial charge in [-0.3, -0.25) is 10.1 Å². The highest BCUT2D eigenvalue weighted by Gasteiger charge is 2.11. The second-order valence-corrected chi connectivity index (χ2v) is 6.90. The molecule has 3 aromatic rings. The first-order valence-electron chi connectivity index (χ1n) is 8.64. The second-order valence-electron chi connectivity index (χ2n) is 6.04. The SMILES string of the molecule is Cc1ccc(-c2csc(NC(=O)COC(=O)COc3ccc(C#N)cc3)n2)cc1. The first kappa shape index (κ1) is 20.0. The van der Waals surface area contributed by atoms with E-state index in [0.717, 1.165) is 16.8 Å². The van der Waals surface area contributed by atoms with Gasteiger partial charge in [0.2, 0.25) is 0 Å². The van der Waals surface area contributed by atoms with Crippen LogP contribution in [0.4, 0.5) is 5.13 Å². The highest BCUT2D eigenvalue weighted by molar-refractivity contribution is 7.14. The van der Waals surface area contributed by atoms with Crippen molar-refractivity contribution >= 4 is 28.3 Å². The van der Waals surface area contributed by atoms with Gasteiger partial charge in [-0.1, -0.05) is 29.8 Å². The Morgan fingerprint density at radius 1 is 1.10 bits per heavy atom. The van der Waals surface area contributed by atoms with Gasteiger partial charge >= 0.3 is 5.97 Å². The monoisotopic (exact) mass is 407 g/mol. The fourth-order valence-corrected chi connectivity index (χ4v) is 3.03. The lowest BCUT2D eigenvalue weighted by Crippen LogP contribution is -2.23. The Kier molecular flexibility index (Phi) is 6.55. The molecule has 1 aromatic heterocycles. The van der Waals surface area contributed by atoms with E-state index in [-0.39, 0.29) is 6.61 Å². The van der Waals surface area contributed by atoms with Crippen LogP contribution in [0.2, 0.25) is 0 Å². The molecule has 0 radical (unpaired) electrons. The molecule has 7 nitrogen and oxygen atoms in total. The smallest absolute Gasteiger partial charge is 0.344 e. The van der Waals surface area contributed by atoms with E-state index < -0.39 is 18.5 Å². The van der Waals surface area contributed by atoms with Crippen LogP contribution in [0.15, 0.2) is 53.9 Å². The molecule has 0 saturated carbocycles. The average Bonchev–Trinajstić information content (AvgIpc) is 3.20. The lowest BCUT2D eigenvalue weighted by molar-refractivity contribution is -0.149. The molecule has 3 rings (SSSR count). The molecule has 8 heteroatoms. The highest BCUT2D eigenvalue weighted by atomic mass is 32.1. The lowest BCUT2D eigenvalue weighted by atomic mass is 10.1. The summed E-state index contributed by atoms with van der Waals surface area (Å²) in [5.41, 5.74) is 3.36. The van der Waals surface area contributed by atoms with Gasteiger partial charge < -0.3 is 9.47 Å². The van der Waals surface area contributed by atoms with Crippen LogP contribution in [0, 0.1) is 18.3 Å². The van der Waals surface area contributed by atoms with Crippen LogP contribution in [0.1, 0.15) is 11.1 Å². The van der Waals surface area contributed by atoms with Gasteiger partial charge in [0.05, 0.1) is 17.3 Å². The number of carbonyl (C=O) groups is 2. The molecule has 0 aliphatic carbocycles. The van der Waals surface area contributed by atoms with Gasteiger partial charge in [0, 0.05) is 10.9 Å². The summed E-state index contributed by atoms with van der Waals surface area (Å²) in [6.45, 7) is 1.23. The molecule has 0 unspecified atom stereocenters. The molecule has 0 aliphatic heterocycles. The molecule has 0 spiro atoms. The van der Waals surface area contributed by atoms with E-state index in [1.807, 2.05) is 42.6 Å². The second kappa shape index (κ2) is 9.48. The number of rotatable bonds is 7. The molecule has 0 saturated heterocycles. The van der Waals surface area contributed by atoms with Gasteiger partial charge in [-0.15, -0.1) is 11.3 Å². The van der Waals surface area contributed by atoms with Crippen molar-refractivity contribution in [2.45, 2.75) is 6.92 Å². The third-order valence-corrected chi connectivity index (χ3v) is 4.56. The molecule has 0 atom stereocenters. The molecule has 1 amide bonds. The van der Waals surface area contributed by atoms with Gasteiger partial charge in [-0.2, -0.15) is 5.26 Å². The summed E-state index contributed by atoms with van der Waals surface area (Å²) in [4.78, 5) is 28.0. The Bertz CT molecular complexity index is 1040. The fraction of sp³-hybridized carbons (Fsp3) is 0.143. The fourth-order valence-electron chi connectivity index (χ4n) is 2.30. The summed E-state index contributed by atoms with van der Waals surface area (Å²) in [7, 11) is 0. The molecular formula is C21H17N3O4S. The number of hydrogen-bond donors (Lipinski definition) is 1. The third kappa shape index (κ3) is 5.89. The molecule has 29 heavy (non-hydrogen) atoms. The van der Waals surface area contributed by atoms with Gasteiger partial charge in [0.15, 0.2) is 18.3 Å². The first-order chi connectivity index (χ1) is 14.0. The summed E-state index contributed by atoms with van der Waals surface area (Å²) in [6.07, 6.45) is 0. The van der Waals surface area contributed by atoms with Crippen molar-refractivity contribution < 1.29 is 19.1 Å². The molecule has 0 aliphatic rings. The quantitative estimate of drug-likeness (QED) is 0.601. The lowest BCUT2D eigenvalue weighted by Gasteiger charge is -2.07. The number of thiazole rings is 1. The first-order valence-corrected chi connectivity index (χ1v) is 9.52. The number of esters is 1. The van der Waals surface area contributed by atoms with Crippen LogP contribution in [-0.4, -0.2) is 30.1 Å². The van der Waals surface area contributed by atoms with E-state index in [1.165, 1.54) is 11.3 Å². The van der Waals surface area contributed by atoms with Crippen LogP contribution in [0.3, 0.4) is 0 Å². The van der Waals surface area contributed by atoms with Crippen molar-refractivity contribution in [2.24, 2.45) is 0 Å². The van der Waals surface area contributed by atoms with Crippen LogP contribution in [0.5, 0.6) is 5.75 Å². The molecular weight excluding hydrogens is 390 g/mol. The van der Waals surface area contributed by atoms with Crippen molar-refractivity contribution in [1.82, 2.24) is 4.98 Å². The minimum atomic E-state index is -0.677. The van der Waals surface area contributed by atoms with Gasteiger partial charge in [-0.25, -0.2) is 9.78 Å². The molecule has 1 N–H and O–H groups in total. The summed E-state index contributed by atoms with van der Waals surface area (Å²) < 4.78 is 10.1. The number of nitriles is 1. The maximum atomic E-state index is 12.0. The third-order valence-electron chi connectivity index (χ3n) is 3.80. The zero-order valence-electron chi connectivity index (χ0n) is 15.5. The Morgan fingerprint density at radius 3 is 2.52 bits per heavy atom. The number of anilines is 1. The van der Waals surface area contributed by atoms with E-state index in [2.05, 4.69) is 10.3 Å². The molecule has 0 fully saturated rings. The van der Waals surface area contributed by atoms with Gasteiger partial charge in [0.1, 0.15) is 5.75 Å². The average molecular weight is 407 g/mol. The molecule has 2 aromatic carbocycles. The summed E-state index contributed by atoms with van der Waals surface area (Å²) >= 11 is 1.29. The number of hydrogen-bond acceptors (Lipinski definition) is 7. The zero-order valence-corrected chi connectivity index (χ0v) is 16.4.